The van der Waals surface area contributed by atoms with Crippen molar-refractivity contribution in [2.75, 3.05) is 0 Å². The summed E-state index contributed by atoms with van der Waals surface area (Å²) in [7, 11) is 0. The molecule has 0 bridgehead atoms. The molecule has 0 radical (unpaired) electrons. The molecule has 0 saturated heterocycles. The standard InChI is InChI=1S/C23H24FN3O2/c1-15-4-2-3-5-20(15)26-22(28)14-27-13-19(18-10-11-25-12-21(18)27)23(29)16-6-8-17(24)9-7-16/h6-13,15,20H,2-5,14H2,1H3,(H,26,28)/t15-,20-/m1/s1. The van der Waals surface area contributed by atoms with Gasteiger partial charge in [-0.25, -0.2) is 4.39 Å². The molecular formula is C23H24FN3O2. The average Bonchev–Trinajstić information content (AvgIpc) is 3.08. The number of carbonyl (C=O) groups is 2. The monoisotopic (exact) mass is 393 g/mol. The number of aromatic nitrogens is 2. The van der Waals surface area contributed by atoms with Crippen LogP contribution in [0.25, 0.3) is 10.9 Å². The van der Waals surface area contributed by atoms with E-state index in [4.69, 9.17) is 0 Å². The van der Waals surface area contributed by atoms with Gasteiger partial charge in [0.1, 0.15) is 12.4 Å². The molecule has 0 unspecified atom stereocenters. The van der Waals surface area contributed by atoms with Crippen LogP contribution in [0.15, 0.2) is 48.9 Å². The third kappa shape index (κ3) is 4.06. The Labute approximate surface area is 168 Å². The van der Waals surface area contributed by atoms with Gasteiger partial charge >= 0.3 is 0 Å². The van der Waals surface area contributed by atoms with Crippen LogP contribution in [0, 0.1) is 11.7 Å². The third-order valence-electron chi connectivity index (χ3n) is 5.81. The maximum Gasteiger partial charge on any atom is 0.240 e. The van der Waals surface area contributed by atoms with Gasteiger partial charge < -0.3 is 9.88 Å². The Kier molecular flexibility index (Phi) is 5.43. The predicted octanol–water partition coefficient (Wildman–Crippen LogP) is 4.10. The SMILES string of the molecule is C[C@@H]1CCCC[C@H]1NC(=O)Cn1cc(C(=O)c2ccc(F)cc2)c2ccncc21. The number of amides is 1. The van der Waals surface area contributed by atoms with Gasteiger partial charge in [-0.2, -0.15) is 0 Å². The summed E-state index contributed by atoms with van der Waals surface area (Å²) in [6, 6.07) is 7.46. The van der Waals surface area contributed by atoms with E-state index in [1.165, 1.54) is 30.7 Å². The first-order chi connectivity index (χ1) is 14.0. The van der Waals surface area contributed by atoms with Crippen molar-refractivity contribution < 1.29 is 14.0 Å². The Balaban J connectivity index is 1.59. The predicted molar refractivity (Wildman–Crippen MR) is 109 cm³/mol. The number of fused-ring (bicyclic) bond motifs is 1. The summed E-state index contributed by atoms with van der Waals surface area (Å²) in [5, 5.41) is 3.88. The van der Waals surface area contributed by atoms with Crippen molar-refractivity contribution >= 4 is 22.6 Å². The Morgan fingerprint density at radius 3 is 2.69 bits per heavy atom. The van der Waals surface area contributed by atoms with E-state index in [1.54, 1.807) is 29.2 Å². The second-order valence-electron chi connectivity index (χ2n) is 7.84. The van der Waals surface area contributed by atoms with Crippen LogP contribution < -0.4 is 5.32 Å². The molecule has 1 amide bonds. The lowest BCUT2D eigenvalue weighted by Gasteiger charge is -2.29. The lowest BCUT2D eigenvalue weighted by molar-refractivity contribution is -0.122. The molecule has 2 atom stereocenters. The first-order valence-corrected chi connectivity index (χ1v) is 10.1. The third-order valence-corrected chi connectivity index (χ3v) is 5.81. The summed E-state index contributed by atoms with van der Waals surface area (Å²) in [6.45, 7) is 2.31. The van der Waals surface area contributed by atoms with E-state index >= 15 is 0 Å². The number of nitrogens with zero attached hydrogens (tertiary/aromatic N) is 2. The molecule has 1 saturated carbocycles. The minimum atomic E-state index is -0.387. The summed E-state index contributed by atoms with van der Waals surface area (Å²) in [4.78, 5) is 29.8. The number of halogens is 1. The fourth-order valence-electron chi connectivity index (χ4n) is 4.14. The Bertz CT molecular complexity index is 1040. The molecular weight excluding hydrogens is 369 g/mol. The minimum absolute atomic E-state index is 0.0646. The quantitative estimate of drug-likeness (QED) is 0.664. The molecule has 0 aliphatic heterocycles. The molecule has 4 rings (SSSR count). The molecule has 2 aromatic heterocycles. The Morgan fingerprint density at radius 1 is 1.17 bits per heavy atom. The van der Waals surface area contributed by atoms with Crippen molar-refractivity contribution in [2.45, 2.75) is 45.2 Å². The molecule has 1 aliphatic carbocycles. The number of ketones is 1. The smallest absolute Gasteiger partial charge is 0.240 e. The molecule has 3 aromatic rings. The van der Waals surface area contributed by atoms with Crippen LogP contribution in [0.1, 0.15) is 48.5 Å². The van der Waals surface area contributed by atoms with Gasteiger partial charge in [-0.05, 0) is 49.1 Å². The number of hydrogen-bond acceptors (Lipinski definition) is 3. The van der Waals surface area contributed by atoms with Crippen molar-refractivity contribution in [1.29, 1.82) is 0 Å². The second-order valence-corrected chi connectivity index (χ2v) is 7.84. The molecule has 2 heterocycles. The number of carbonyl (C=O) groups excluding carboxylic acids is 2. The molecule has 150 valence electrons. The van der Waals surface area contributed by atoms with Gasteiger partial charge in [0, 0.05) is 34.9 Å². The number of hydrogen-bond donors (Lipinski definition) is 1. The first-order valence-electron chi connectivity index (χ1n) is 10.1. The van der Waals surface area contributed by atoms with E-state index in [-0.39, 0.29) is 30.1 Å². The average molecular weight is 393 g/mol. The second kappa shape index (κ2) is 8.15. The van der Waals surface area contributed by atoms with Gasteiger partial charge in [-0.3, -0.25) is 14.6 Å². The van der Waals surface area contributed by atoms with E-state index in [9.17, 15) is 14.0 Å². The summed E-state index contributed by atoms with van der Waals surface area (Å²) < 4.78 is 15.0. The van der Waals surface area contributed by atoms with Crippen LogP contribution in [-0.2, 0) is 11.3 Å². The summed E-state index contributed by atoms with van der Waals surface area (Å²) >= 11 is 0. The van der Waals surface area contributed by atoms with Crippen LogP contribution in [-0.4, -0.2) is 27.3 Å². The normalized spacial score (nSPS) is 19.2. The van der Waals surface area contributed by atoms with E-state index in [2.05, 4.69) is 17.2 Å². The van der Waals surface area contributed by atoms with Crippen LogP contribution in [0.2, 0.25) is 0 Å². The van der Waals surface area contributed by atoms with Gasteiger partial charge in [0.15, 0.2) is 5.78 Å². The van der Waals surface area contributed by atoms with Gasteiger partial charge in [0.05, 0.1) is 11.7 Å². The van der Waals surface area contributed by atoms with Crippen molar-refractivity contribution in [3.63, 3.8) is 0 Å². The number of nitrogens with one attached hydrogen (secondary N) is 1. The van der Waals surface area contributed by atoms with Gasteiger partial charge in [0.2, 0.25) is 5.91 Å². The van der Waals surface area contributed by atoms with Crippen LogP contribution >= 0.6 is 0 Å². The van der Waals surface area contributed by atoms with Crippen molar-refractivity contribution in [3.05, 3.63) is 65.9 Å². The van der Waals surface area contributed by atoms with Gasteiger partial charge in [-0.15, -0.1) is 0 Å². The highest BCUT2D eigenvalue weighted by molar-refractivity contribution is 6.16. The maximum absolute atomic E-state index is 13.2. The summed E-state index contributed by atoms with van der Waals surface area (Å²) in [5.41, 5.74) is 1.61. The summed E-state index contributed by atoms with van der Waals surface area (Å²) in [5.74, 6) is -0.181. The van der Waals surface area contributed by atoms with Gasteiger partial charge in [0.25, 0.3) is 0 Å². The largest absolute Gasteiger partial charge is 0.352 e. The minimum Gasteiger partial charge on any atom is -0.352 e. The topological polar surface area (TPSA) is 64.0 Å². The fourth-order valence-corrected chi connectivity index (χ4v) is 4.14. The molecule has 6 heteroatoms. The highest BCUT2D eigenvalue weighted by atomic mass is 19.1. The molecule has 5 nitrogen and oxygen atoms in total. The zero-order chi connectivity index (χ0) is 20.4. The zero-order valence-corrected chi connectivity index (χ0v) is 16.4. The molecule has 1 N–H and O–H groups in total. The highest BCUT2D eigenvalue weighted by Gasteiger charge is 2.24. The van der Waals surface area contributed by atoms with Gasteiger partial charge in [-0.1, -0.05) is 19.8 Å². The lowest BCUT2D eigenvalue weighted by Crippen LogP contribution is -2.42. The molecule has 0 spiro atoms. The Morgan fingerprint density at radius 2 is 1.93 bits per heavy atom. The fraction of sp³-hybridized carbons (Fsp3) is 0.348. The lowest BCUT2D eigenvalue weighted by atomic mass is 9.86. The zero-order valence-electron chi connectivity index (χ0n) is 16.4. The first kappa shape index (κ1) is 19.3. The van der Waals surface area contributed by atoms with E-state index in [1.807, 2.05) is 0 Å². The number of pyridine rings is 1. The highest BCUT2D eigenvalue weighted by Crippen LogP contribution is 2.25. The van der Waals surface area contributed by atoms with Crippen molar-refractivity contribution in [3.8, 4) is 0 Å². The van der Waals surface area contributed by atoms with Crippen molar-refractivity contribution in [2.24, 2.45) is 5.92 Å². The molecule has 1 aromatic carbocycles. The number of rotatable bonds is 5. The summed E-state index contributed by atoms with van der Waals surface area (Å²) in [6.07, 6.45) is 9.48. The van der Waals surface area contributed by atoms with Crippen LogP contribution in [0.4, 0.5) is 4.39 Å². The maximum atomic E-state index is 13.2. The molecule has 1 aliphatic rings. The van der Waals surface area contributed by atoms with E-state index in [0.29, 0.717) is 17.0 Å². The van der Waals surface area contributed by atoms with E-state index < -0.39 is 0 Å². The van der Waals surface area contributed by atoms with Crippen molar-refractivity contribution in [1.82, 2.24) is 14.9 Å². The molecule has 29 heavy (non-hydrogen) atoms. The van der Waals surface area contributed by atoms with Crippen LogP contribution in [0.5, 0.6) is 0 Å². The van der Waals surface area contributed by atoms with E-state index in [0.717, 1.165) is 30.2 Å². The Hall–Kier alpha value is -3.02. The molecule has 1 fully saturated rings. The number of benzene rings is 1. The van der Waals surface area contributed by atoms with Crippen LogP contribution in [0.3, 0.4) is 0 Å².